The van der Waals surface area contributed by atoms with Crippen molar-refractivity contribution in [3.8, 4) is 0 Å². The molecule has 0 fully saturated rings. The molecule has 31 heavy (non-hydrogen) atoms. The number of fused-ring (bicyclic) bond motifs is 1. The van der Waals surface area contributed by atoms with Crippen LogP contribution in [0.25, 0.3) is 10.9 Å². The number of aromatic amines is 1. The Morgan fingerprint density at radius 3 is 2.52 bits per heavy atom. The number of hydrogen-bond acceptors (Lipinski definition) is 4. The molecule has 2 aromatic carbocycles. The summed E-state index contributed by atoms with van der Waals surface area (Å²) in [7, 11) is 0. The third-order valence-electron chi connectivity index (χ3n) is 5.06. The maximum Gasteiger partial charge on any atom is 0.239 e. The van der Waals surface area contributed by atoms with E-state index in [1.165, 1.54) is 0 Å². The minimum Gasteiger partial charge on any atom is -0.361 e. The lowest BCUT2D eigenvalue weighted by atomic mass is 10.1. The lowest BCUT2D eigenvalue weighted by Gasteiger charge is -2.07. The van der Waals surface area contributed by atoms with E-state index in [0.717, 1.165) is 28.5 Å². The first-order valence-corrected chi connectivity index (χ1v) is 10.2. The Labute approximate surface area is 180 Å². The summed E-state index contributed by atoms with van der Waals surface area (Å²) >= 11 is 0. The van der Waals surface area contributed by atoms with E-state index in [1.807, 2.05) is 36.5 Å². The summed E-state index contributed by atoms with van der Waals surface area (Å²) in [5.74, 6) is -0.427. The summed E-state index contributed by atoms with van der Waals surface area (Å²) in [6.45, 7) is 0.480. The number of amidine groups is 1. The molecular formula is C23H27N5O3. The van der Waals surface area contributed by atoms with Crippen molar-refractivity contribution in [3.05, 3.63) is 71.4 Å². The lowest BCUT2D eigenvalue weighted by Crippen LogP contribution is -2.37. The Balaban J connectivity index is 1.30. The van der Waals surface area contributed by atoms with Gasteiger partial charge in [-0.3, -0.25) is 25.7 Å². The molecule has 2 amide bonds. The van der Waals surface area contributed by atoms with Gasteiger partial charge < -0.3 is 15.6 Å². The first-order valence-electron chi connectivity index (χ1n) is 10.2. The van der Waals surface area contributed by atoms with Crippen molar-refractivity contribution in [2.45, 2.75) is 25.7 Å². The van der Waals surface area contributed by atoms with Gasteiger partial charge in [-0.2, -0.15) is 0 Å². The van der Waals surface area contributed by atoms with Crippen LogP contribution < -0.4 is 16.1 Å². The maximum absolute atomic E-state index is 12.0. The van der Waals surface area contributed by atoms with Crippen LogP contribution in [0.3, 0.4) is 0 Å². The van der Waals surface area contributed by atoms with Crippen LogP contribution in [0.2, 0.25) is 0 Å². The third kappa shape index (κ3) is 6.42. The number of H-pyrrole nitrogens is 1. The van der Waals surface area contributed by atoms with Crippen molar-refractivity contribution < 1.29 is 14.8 Å². The Morgan fingerprint density at radius 2 is 1.74 bits per heavy atom. The van der Waals surface area contributed by atoms with Crippen LogP contribution in [0, 0.1) is 5.41 Å². The molecule has 6 N–H and O–H groups in total. The topological polar surface area (TPSA) is 130 Å². The molecule has 0 bridgehead atoms. The van der Waals surface area contributed by atoms with Crippen LogP contribution in [-0.2, 0) is 22.4 Å². The number of carbonyl (C=O) groups excluding carboxylic acids is 2. The number of para-hydroxylation sites is 1. The molecule has 162 valence electrons. The van der Waals surface area contributed by atoms with Gasteiger partial charge >= 0.3 is 0 Å². The van der Waals surface area contributed by atoms with E-state index in [0.29, 0.717) is 31.4 Å². The first kappa shape index (κ1) is 22.0. The van der Waals surface area contributed by atoms with Gasteiger partial charge in [-0.05, 0) is 36.5 Å². The molecule has 0 aliphatic rings. The second kappa shape index (κ2) is 10.9. The molecule has 1 aromatic heterocycles. The number of nitrogens with one attached hydrogen (secondary N) is 5. The van der Waals surface area contributed by atoms with Gasteiger partial charge in [0.25, 0.3) is 0 Å². The van der Waals surface area contributed by atoms with Gasteiger partial charge in [-0.25, -0.2) is 0 Å². The van der Waals surface area contributed by atoms with Gasteiger partial charge in [0.1, 0.15) is 5.84 Å². The molecule has 0 radical (unpaired) electrons. The van der Waals surface area contributed by atoms with Crippen molar-refractivity contribution in [2.24, 2.45) is 0 Å². The Morgan fingerprint density at radius 1 is 0.968 bits per heavy atom. The zero-order chi connectivity index (χ0) is 22.1. The van der Waals surface area contributed by atoms with Crippen LogP contribution >= 0.6 is 0 Å². The first-order chi connectivity index (χ1) is 15.1. The fraction of sp³-hybridized carbons (Fsp3) is 0.261. The lowest BCUT2D eigenvalue weighted by molar-refractivity contribution is -0.126. The van der Waals surface area contributed by atoms with E-state index < -0.39 is 0 Å². The van der Waals surface area contributed by atoms with Crippen LogP contribution in [0.15, 0.2) is 54.7 Å². The standard InChI is InChI=1S/C23H27N5O3/c24-23(28-31)17-10-8-16(9-11-17)4-3-7-21(29)27-15-22(30)25-13-12-18-14-26-20-6-2-1-5-19(18)20/h1-2,5-6,8-11,14,26,31H,3-4,7,12-13,15H2,(H2,24,28)(H,25,30)(H,27,29). The number of rotatable bonds is 10. The summed E-state index contributed by atoms with van der Waals surface area (Å²) in [4.78, 5) is 27.2. The molecule has 0 spiro atoms. The van der Waals surface area contributed by atoms with Crippen molar-refractivity contribution in [1.82, 2.24) is 21.1 Å². The summed E-state index contributed by atoms with van der Waals surface area (Å²) in [6, 6.07) is 15.2. The van der Waals surface area contributed by atoms with Gasteiger partial charge in [-0.15, -0.1) is 0 Å². The number of aromatic nitrogens is 1. The summed E-state index contributed by atoms with van der Waals surface area (Å²) < 4.78 is 0. The number of amides is 2. The van der Waals surface area contributed by atoms with E-state index >= 15 is 0 Å². The second-order valence-electron chi connectivity index (χ2n) is 7.27. The minimum absolute atomic E-state index is 0.0301. The highest BCUT2D eigenvalue weighted by atomic mass is 16.5. The van der Waals surface area contributed by atoms with Gasteiger partial charge in [0.2, 0.25) is 11.8 Å². The third-order valence-corrected chi connectivity index (χ3v) is 5.06. The second-order valence-corrected chi connectivity index (χ2v) is 7.27. The fourth-order valence-electron chi connectivity index (χ4n) is 3.36. The molecule has 1 heterocycles. The van der Waals surface area contributed by atoms with E-state index in [4.69, 9.17) is 10.6 Å². The molecule has 0 atom stereocenters. The highest BCUT2D eigenvalue weighted by Gasteiger charge is 2.07. The van der Waals surface area contributed by atoms with Gasteiger partial charge in [0.05, 0.1) is 6.54 Å². The van der Waals surface area contributed by atoms with Gasteiger partial charge in [-0.1, -0.05) is 42.5 Å². The Hall–Kier alpha value is -3.65. The van der Waals surface area contributed by atoms with E-state index in [1.54, 1.807) is 17.6 Å². The minimum atomic E-state index is -0.205. The predicted molar refractivity (Wildman–Crippen MR) is 119 cm³/mol. The molecular weight excluding hydrogens is 394 g/mol. The zero-order valence-corrected chi connectivity index (χ0v) is 17.2. The van der Waals surface area contributed by atoms with Crippen LogP contribution in [0.4, 0.5) is 0 Å². The SMILES string of the molecule is N=C(NO)c1ccc(CCCC(=O)NCC(=O)NCCc2c[nH]c3ccccc23)cc1. The predicted octanol–water partition coefficient (Wildman–Crippen LogP) is 2.27. The molecule has 0 saturated carbocycles. The van der Waals surface area contributed by atoms with Crippen molar-refractivity contribution in [2.75, 3.05) is 13.1 Å². The molecule has 0 saturated heterocycles. The smallest absolute Gasteiger partial charge is 0.239 e. The zero-order valence-electron chi connectivity index (χ0n) is 17.2. The van der Waals surface area contributed by atoms with Crippen molar-refractivity contribution >= 4 is 28.6 Å². The number of hydroxylamine groups is 1. The quantitative estimate of drug-likeness (QED) is 0.170. The largest absolute Gasteiger partial charge is 0.361 e. The van der Waals surface area contributed by atoms with E-state index in [-0.39, 0.29) is 24.2 Å². The molecule has 3 aromatic rings. The van der Waals surface area contributed by atoms with Crippen LogP contribution in [-0.4, -0.2) is 40.9 Å². The van der Waals surface area contributed by atoms with Crippen LogP contribution in [0.5, 0.6) is 0 Å². The summed E-state index contributed by atoms with van der Waals surface area (Å²) in [5, 5.41) is 22.9. The fourth-order valence-corrected chi connectivity index (χ4v) is 3.36. The molecule has 0 aliphatic heterocycles. The Kier molecular flexibility index (Phi) is 7.78. The highest BCUT2D eigenvalue weighted by Crippen LogP contribution is 2.17. The maximum atomic E-state index is 12.0. The van der Waals surface area contributed by atoms with Gasteiger partial charge in [0, 0.05) is 35.6 Å². The van der Waals surface area contributed by atoms with Crippen LogP contribution in [0.1, 0.15) is 29.5 Å². The molecule has 0 unspecified atom stereocenters. The monoisotopic (exact) mass is 421 g/mol. The highest BCUT2D eigenvalue weighted by molar-refractivity contribution is 5.95. The normalized spacial score (nSPS) is 10.6. The number of benzene rings is 2. The molecule has 8 heteroatoms. The molecule has 8 nitrogen and oxygen atoms in total. The number of aryl methyl sites for hydroxylation is 1. The number of carbonyl (C=O) groups is 2. The van der Waals surface area contributed by atoms with E-state index in [9.17, 15) is 9.59 Å². The van der Waals surface area contributed by atoms with Crippen molar-refractivity contribution in [3.63, 3.8) is 0 Å². The van der Waals surface area contributed by atoms with Crippen molar-refractivity contribution in [1.29, 1.82) is 5.41 Å². The summed E-state index contributed by atoms with van der Waals surface area (Å²) in [5.41, 5.74) is 5.66. The van der Waals surface area contributed by atoms with Gasteiger partial charge in [0.15, 0.2) is 0 Å². The molecule has 0 aliphatic carbocycles. The number of hydrogen-bond donors (Lipinski definition) is 6. The molecule has 3 rings (SSSR count). The van der Waals surface area contributed by atoms with E-state index in [2.05, 4.69) is 21.7 Å². The Bertz CT molecular complexity index is 1040. The summed E-state index contributed by atoms with van der Waals surface area (Å²) in [6.07, 6.45) is 4.38. The average molecular weight is 422 g/mol. The average Bonchev–Trinajstić information content (AvgIpc) is 3.21.